The first-order valence-electron chi connectivity index (χ1n) is 7.35. The monoisotopic (exact) mass is 405 g/mol. The number of benzene rings is 1. The third-order valence-electron chi connectivity index (χ3n) is 3.06. The molecule has 130 valence electrons. The summed E-state index contributed by atoms with van der Waals surface area (Å²) in [5.74, 6) is 0.0618. The molecule has 0 spiro atoms. The van der Waals surface area contributed by atoms with E-state index in [-0.39, 0.29) is 5.91 Å². The lowest BCUT2D eigenvalue weighted by molar-refractivity contribution is 0.102. The van der Waals surface area contributed by atoms with Crippen molar-refractivity contribution in [3.63, 3.8) is 0 Å². The first-order chi connectivity index (χ1) is 11.5. The van der Waals surface area contributed by atoms with Crippen molar-refractivity contribution in [2.75, 3.05) is 18.2 Å². The van der Waals surface area contributed by atoms with Gasteiger partial charge in [0.25, 0.3) is 5.91 Å². The van der Waals surface area contributed by atoms with Gasteiger partial charge in [0.15, 0.2) is 10.1 Å². The number of nitrogens with zero attached hydrogens (tertiary/aromatic N) is 2. The third-order valence-corrected chi connectivity index (χ3v) is 5.43. The number of ether oxygens (including phenoxy) is 1. The molecule has 0 aliphatic rings. The smallest absolute Gasteiger partial charge is 0.257 e. The third kappa shape index (κ3) is 5.24. The Morgan fingerprint density at radius 2 is 2.00 bits per heavy atom. The maximum Gasteiger partial charge on any atom is 0.257 e. The van der Waals surface area contributed by atoms with E-state index in [1.165, 1.54) is 35.2 Å². The van der Waals surface area contributed by atoms with Crippen molar-refractivity contribution in [3.05, 3.63) is 27.7 Å². The fraction of sp³-hybridized carbons (Fsp3) is 0.400. The van der Waals surface area contributed by atoms with Gasteiger partial charge < -0.3 is 4.74 Å². The number of nitrogens with one attached hydrogen (secondary N) is 1. The molecule has 0 saturated carbocycles. The van der Waals surface area contributed by atoms with E-state index in [9.17, 15) is 4.79 Å². The van der Waals surface area contributed by atoms with Gasteiger partial charge in [0.1, 0.15) is 0 Å². The number of carbonyl (C=O) groups is 1. The molecular formula is C15H17Cl2N3O2S2. The van der Waals surface area contributed by atoms with Gasteiger partial charge in [0, 0.05) is 5.56 Å². The SMILES string of the molecule is CCCCCOc1c(Cl)cc(C(=O)Nc2nnc(SC)s2)cc1Cl. The standard InChI is InChI=1S/C15H17Cl2N3O2S2/c1-3-4-5-6-22-12-10(16)7-9(8-11(12)17)13(21)18-14-19-20-15(23-2)24-14/h7-8H,3-6H2,1-2H3,(H,18,19,21). The zero-order valence-corrected chi connectivity index (χ0v) is 16.4. The molecule has 0 saturated heterocycles. The number of aromatic nitrogens is 2. The number of amides is 1. The van der Waals surface area contributed by atoms with Crippen LogP contribution in [0.25, 0.3) is 0 Å². The Morgan fingerprint density at radius 1 is 1.29 bits per heavy atom. The van der Waals surface area contributed by atoms with Crippen LogP contribution in [0.1, 0.15) is 36.5 Å². The minimum Gasteiger partial charge on any atom is -0.490 e. The Balaban J connectivity index is 2.06. The number of hydrogen-bond donors (Lipinski definition) is 1. The predicted octanol–water partition coefficient (Wildman–Crippen LogP) is 5.39. The van der Waals surface area contributed by atoms with Crippen molar-refractivity contribution < 1.29 is 9.53 Å². The molecule has 0 bridgehead atoms. The summed E-state index contributed by atoms with van der Waals surface area (Å²) in [5.41, 5.74) is 0.340. The Hall–Kier alpha value is -1.02. The van der Waals surface area contributed by atoms with Crippen LogP contribution < -0.4 is 10.1 Å². The van der Waals surface area contributed by atoms with Gasteiger partial charge in [0.2, 0.25) is 5.13 Å². The molecule has 1 aromatic heterocycles. The van der Waals surface area contributed by atoms with Crippen molar-refractivity contribution >= 4 is 57.3 Å². The highest BCUT2D eigenvalue weighted by Gasteiger charge is 2.16. The zero-order valence-electron chi connectivity index (χ0n) is 13.3. The summed E-state index contributed by atoms with van der Waals surface area (Å²) in [6.07, 6.45) is 5.01. The molecule has 1 N–H and O–H groups in total. The van der Waals surface area contributed by atoms with Gasteiger partial charge in [-0.2, -0.15) is 0 Å². The van der Waals surface area contributed by atoms with Crippen LogP contribution in [0.5, 0.6) is 5.75 Å². The molecule has 2 aromatic rings. The Morgan fingerprint density at radius 3 is 2.58 bits per heavy atom. The van der Waals surface area contributed by atoms with Crippen LogP contribution in [0.15, 0.2) is 16.5 Å². The van der Waals surface area contributed by atoms with E-state index < -0.39 is 0 Å². The molecule has 9 heteroatoms. The van der Waals surface area contributed by atoms with Crippen molar-refractivity contribution in [2.45, 2.75) is 30.5 Å². The fourth-order valence-electron chi connectivity index (χ4n) is 1.87. The number of rotatable bonds is 8. The van der Waals surface area contributed by atoms with Crippen molar-refractivity contribution in [3.8, 4) is 5.75 Å². The highest BCUT2D eigenvalue weighted by Crippen LogP contribution is 2.35. The second-order valence-corrected chi connectivity index (χ2v) is 7.70. The highest BCUT2D eigenvalue weighted by atomic mass is 35.5. The van der Waals surface area contributed by atoms with E-state index in [1.54, 1.807) is 0 Å². The van der Waals surface area contributed by atoms with E-state index in [0.29, 0.717) is 33.1 Å². The van der Waals surface area contributed by atoms with E-state index in [0.717, 1.165) is 23.6 Å². The van der Waals surface area contributed by atoms with Crippen LogP contribution in [0, 0.1) is 0 Å². The van der Waals surface area contributed by atoms with Gasteiger partial charge in [-0.1, -0.05) is 66.1 Å². The summed E-state index contributed by atoms with van der Waals surface area (Å²) in [7, 11) is 0. The molecule has 0 radical (unpaired) electrons. The lowest BCUT2D eigenvalue weighted by Crippen LogP contribution is -2.12. The van der Waals surface area contributed by atoms with Gasteiger partial charge >= 0.3 is 0 Å². The van der Waals surface area contributed by atoms with Crippen molar-refractivity contribution in [1.29, 1.82) is 0 Å². The number of unbranched alkanes of at least 4 members (excludes halogenated alkanes) is 2. The molecule has 24 heavy (non-hydrogen) atoms. The topological polar surface area (TPSA) is 64.1 Å². The molecule has 1 aromatic carbocycles. The van der Waals surface area contributed by atoms with E-state index in [2.05, 4.69) is 22.4 Å². The van der Waals surface area contributed by atoms with Gasteiger partial charge in [-0.05, 0) is 24.8 Å². The molecule has 0 aliphatic carbocycles. The highest BCUT2D eigenvalue weighted by molar-refractivity contribution is 8.00. The van der Waals surface area contributed by atoms with Gasteiger partial charge in [0.05, 0.1) is 16.7 Å². The molecule has 0 unspecified atom stereocenters. The predicted molar refractivity (Wildman–Crippen MR) is 101 cm³/mol. The summed E-state index contributed by atoms with van der Waals surface area (Å²) < 4.78 is 6.40. The van der Waals surface area contributed by atoms with Crippen molar-refractivity contribution in [1.82, 2.24) is 10.2 Å². The number of carbonyl (C=O) groups excluding carboxylic acids is 1. The average molecular weight is 406 g/mol. The van der Waals surface area contributed by atoms with Crippen LogP contribution in [0.2, 0.25) is 10.0 Å². The first kappa shape index (κ1) is 19.3. The Labute approximate surface area is 159 Å². The van der Waals surface area contributed by atoms with E-state index >= 15 is 0 Å². The van der Waals surface area contributed by atoms with Crippen molar-refractivity contribution in [2.24, 2.45) is 0 Å². The van der Waals surface area contributed by atoms with E-state index in [1.807, 2.05) is 6.26 Å². The number of halogens is 2. The largest absolute Gasteiger partial charge is 0.490 e. The molecule has 2 rings (SSSR count). The molecule has 5 nitrogen and oxygen atoms in total. The summed E-state index contributed by atoms with van der Waals surface area (Å²) >= 11 is 15.2. The normalized spacial score (nSPS) is 10.7. The summed E-state index contributed by atoms with van der Waals surface area (Å²) in [4.78, 5) is 12.3. The van der Waals surface area contributed by atoms with Crippen LogP contribution in [-0.2, 0) is 0 Å². The second kappa shape index (κ2) is 9.46. The first-order valence-corrected chi connectivity index (χ1v) is 10.2. The minimum atomic E-state index is -0.347. The number of hydrogen-bond acceptors (Lipinski definition) is 6. The average Bonchev–Trinajstić information content (AvgIpc) is 3.01. The minimum absolute atomic E-state index is 0.311. The van der Waals surface area contributed by atoms with Gasteiger partial charge in [-0.15, -0.1) is 10.2 Å². The summed E-state index contributed by atoms with van der Waals surface area (Å²) in [6.45, 7) is 2.66. The lowest BCUT2D eigenvalue weighted by atomic mass is 10.2. The zero-order chi connectivity index (χ0) is 17.5. The van der Waals surface area contributed by atoms with Crippen LogP contribution in [0.3, 0.4) is 0 Å². The van der Waals surface area contributed by atoms with Crippen LogP contribution in [0.4, 0.5) is 5.13 Å². The van der Waals surface area contributed by atoms with Crippen LogP contribution in [-0.4, -0.2) is 29.0 Å². The molecule has 1 heterocycles. The molecular weight excluding hydrogens is 389 g/mol. The number of thioether (sulfide) groups is 1. The quantitative estimate of drug-likeness (QED) is 0.362. The maximum atomic E-state index is 12.3. The van der Waals surface area contributed by atoms with Crippen LogP contribution >= 0.6 is 46.3 Å². The molecule has 0 fully saturated rings. The molecule has 1 amide bonds. The van der Waals surface area contributed by atoms with E-state index in [4.69, 9.17) is 27.9 Å². The summed E-state index contributed by atoms with van der Waals surface area (Å²) in [6, 6.07) is 3.07. The van der Waals surface area contributed by atoms with Gasteiger partial charge in [-0.3, -0.25) is 10.1 Å². The lowest BCUT2D eigenvalue weighted by Gasteiger charge is -2.11. The Bertz CT molecular complexity index is 687. The Kier molecular flexibility index (Phi) is 7.61. The maximum absolute atomic E-state index is 12.3. The fourth-order valence-corrected chi connectivity index (χ4v) is 3.63. The van der Waals surface area contributed by atoms with Gasteiger partial charge in [-0.25, -0.2) is 0 Å². The molecule has 0 aliphatic heterocycles. The second-order valence-electron chi connectivity index (χ2n) is 4.86. The number of anilines is 1. The summed E-state index contributed by atoms with van der Waals surface area (Å²) in [5, 5.41) is 11.6. The molecule has 0 atom stereocenters.